The van der Waals surface area contributed by atoms with Crippen molar-refractivity contribution in [3.63, 3.8) is 0 Å². The molecule has 1 aromatic carbocycles. The number of aromatic amines is 1. The number of rotatable bonds is 1. The van der Waals surface area contributed by atoms with E-state index < -0.39 is 24.1 Å². The highest BCUT2D eigenvalue weighted by atomic mass is 35.5. The number of nitrogens with one attached hydrogen (secondary N) is 1. The largest absolute Gasteiger partial charge is 0.407 e. The normalized spacial score (nSPS) is 13.5. The Hall–Kier alpha value is -1.44. The minimum Gasteiger partial charge on any atom is -0.341 e. The third-order valence-electron chi connectivity index (χ3n) is 2.39. The summed E-state index contributed by atoms with van der Waals surface area (Å²) in [6, 6.07) is 3.77. The number of nitrogens with zero attached hydrogens (tertiary/aromatic N) is 1. The summed E-state index contributed by atoms with van der Waals surface area (Å²) >= 11 is 5.60. The number of imidazole rings is 1. The topological polar surface area (TPSA) is 28.7 Å². The van der Waals surface area contributed by atoms with E-state index in [1.807, 2.05) is 4.98 Å². The van der Waals surface area contributed by atoms with E-state index in [-0.39, 0.29) is 16.1 Å². The predicted molar refractivity (Wildman–Crippen MR) is 56.0 cm³/mol. The Balaban J connectivity index is 2.57. The summed E-state index contributed by atoms with van der Waals surface area (Å²) in [7, 11) is 0. The predicted octanol–water partition coefficient (Wildman–Crippen LogP) is 4.42. The highest BCUT2D eigenvalue weighted by Gasteiger charge is 2.59. The Kier molecular flexibility index (Phi) is 3.16. The summed E-state index contributed by atoms with van der Waals surface area (Å²) in [5.74, 6) is -4.84. The van der Waals surface area contributed by atoms with Gasteiger partial charge in [-0.15, -0.1) is 0 Å². The fraction of sp³-hybridized carbons (Fsp3) is 0.300. The monoisotopic (exact) mass is 302 g/mol. The van der Waals surface area contributed by atoms with Crippen molar-refractivity contribution in [3.8, 4) is 0 Å². The molecule has 2 rings (SSSR count). The standard InChI is InChI=1S/C10H5ClF6N2/c11-4-1-2-5-6(3-4)19-8(18-5)7(9(12,13)14)10(15,16)17/h1-3,7H,(H,18,19). The number of aromatic nitrogens is 2. The molecule has 0 saturated heterocycles. The van der Waals surface area contributed by atoms with Crippen LogP contribution in [0.4, 0.5) is 26.3 Å². The lowest BCUT2D eigenvalue weighted by atomic mass is 10.1. The van der Waals surface area contributed by atoms with Gasteiger partial charge in [-0.2, -0.15) is 26.3 Å². The van der Waals surface area contributed by atoms with Crippen LogP contribution in [-0.4, -0.2) is 22.3 Å². The molecule has 0 aliphatic heterocycles. The Bertz CT molecular complexity index is 586. The number of fused-ring (bicyclic) bond motifs is 1. The number of benzene rings is 1. The van der Waals surface area contributed by atoms with Gasteiger partial charge in [0, 0.05) is 5.02 Å². The molecule has 0 amide bonds. The first-order chi connectivity index (χ1) is 8.59. The smallest absolute Gasteiger partial charge is 0.341 e. The van der Waals surface area contributed by atoms with Crippen molar-refractivity contribution in [2.45, 2.75) is 18.3 Å². The van der Waals surface area contributed by atoms with Crippen molar-refractivity contribution in [1.82, 2.24) is 9.97 Å². The fourth-order valence-electron chi connectivity index (χ4n) is 1.63. The zero-order valence-electron chi connectivity index (χ0n) is 8.90. The summed E-state index contributed by atoms with van der Waals surface area (Å²) in [6.07, 6.45) is -11.0. The molecule has 2 nitrogen and oxygen atoms in total. The first-order valence-electron chi connectivity index (χ1n) is 4.87. The average Bonchev–Trinajstić information content (AvgIpc) is 2.54. The van der Waals surface area contributed by atoms with Crippen LogP contribution in [0.3, 0.4) is 0 Å². The summed E-state index contributed by atoms with van der Waals surface area (Å²) in [4.78, 5) is 5.35. The van der Waals surface area contributed by atoms with Gasteiger partial charge in [0.25, 0.3) is 0 Å². The minimum atomic E-state index is -5.48. The van der Waals surface area contributed by atoms with E-state index in [9.17, 15) is 26.3 Å². The van der Waals surface area contributed by atoms with Gasteiger partial charge >= 0.3 is 12.4 Å². The second kappa shape index (κ2) is 4.29. The van der Waals surface area contributed by atoms with Gasteiger partial charge in [0.15, 0.2) is 0 Å². The zero-order chi connectivity index (χ0) is 14.4. The van der Waals surface area contributed by atoms with Crippen LogP contribution in [0.1, 0.15) is 11.7 Å². The van der Waals surface area contributed by atoms with Gasteiger partial charge in [-0.3, -0.25) is 0 Å². The van der Waals surface area contributed by atoms with Gasteiger partial charge in [0.1, 0.15) is 5.82 Å². The molecule has 0 atom stereocenters. The molecule has 0 spiro atoms. The van der Waals surface area contributed by atoms with E-state index in [0.717, 1.165) is 0 Å². The second-order valence-electron chi connectivity index (χ2n) is 3.80. The molecule has 0 aliphatic rings. The van der Waals surface area contributed by atoms with Crippen LogP contribution < -0.4 is 0 Å². The molecule has 1 heterocycles. The summed E-state index contributed by atoms with van der Waals surface area (Å²) in [6.45, 7) is 0. The molecule has 1 aromatic heterocycles. The second-order valence-corrected chi connectivity index (χ2v) is 4.24. The van der Waals surface area contributed by atoms with Crippen LogP contribution in [0, 0.1) is 0 Å². The van der Waals surface area contributed by atoms with Crippen LogP contribution in [0.2, 0.25) is 5.02 Å². The minimum absolute atomic E-state index is 0.0148. The van der Waals surface area contributed by atoms with Crippen molar-refractivity contribution in [1.29, 1.82) is 0 Å². The van der Waals surface area contributed by atoms with E-state index in [1.165, 1.54) is 18.2 Å². The molecule has 0 saturated carbocycles. The number of alkyl halides is 6. The Morgan fingerprint density at radius 3 is 2.16 bits per heavy atom. The SMILES string of the molecule is FC(F)(F)C(c1nc2ccc(Cl)cc2[nH]1)C(F)(F)F. The third kappa shape index (κ3) is 2.78. The van der Waals surface area contributed by atoms with Crippen molar-refractivity contribution in [2.75, 3.05) is 0 Å². The van der Waals surface area contributed by atoms with Crippen LogP contribution in [-0.2, 0) is 0 Å². The highest BCUT2D eigenvalue weighted by Crippen LogP contribution is 2.45. The van der Waals surface area contributed by atoms with Crippen LogP contribution in [0.25, 0.3) is 11.0 Å². The maximum atomic E-state index is 12.5. The van der Waals surface area contributed by atoms with E-state index >= 15 is 0 Å². The van der Waals surface area contributed by atoms with Crippen LogP contribution in [0.15, 0.2) is 18.2 Å². The highest BCUT2D eigenvalue weighted by molar-refractivity contribution is 6.31. The zero-order valence-corrected chi connectivity index (χ0v) is 9.66. The number of halogens is 7. The average molecular weight is 303 g/mol. The molecule has 104 valence electrons. The summed E-state index contributed by atoms with van der Waals surface area (Å²) in [5, 5.41) is 0.179. The molecule has 19 heavy (non-hydrogen) atoms. The number of hydrogen-bond donors (Lipinski definition) is 1. The molecular weight excluding hydrogens is 298 g/mol. The quantitative estimate of drug-likeness (QED) is 0.776. The van der Waals surface area contributed by atoms with Crippen LogP contribution >= 0.6 is 11.6 Å². The molecular formula is C10H5ClF6N2. The van der Waals surface area contributed by atoms with Gasteiger partial charge in [0.05, 0.1) is 11.0 Å². The first kappa shape index (κ1) is 14.0. The first-order valence-corrected chi connectivity index (χ1v) is 5.25. The molecule has 9 heteroatoms. The molecule has 2 aromatic rings. The Labute approximate surface area is 107 Å². The molecule has 0 bridgehead atoms. The van der Waals surface area contributed by atoms with Crippen LogP contribution in [0.5, 0.6) is 0 Å². The van der Waals surface area contributed by atoms with Gasteiger partial charge in [0.2, 0.25) is 5.92 Å². The Morgan fingerprint density at radius 1 is 1.05 bits per heavy atom. The summed E-state index contributed by atoms with van der Waals surface area (Å²) in [5.41, 5.74) is -0.00102. The van der Waals surface area contributed by atoms with Gasteiger partial charge in [-0.05, 0) is 18.2 Å². The van der Waals surface area contributed by atoms with E-state index in [0.29, 0.717) is 0 Å². The van der Waals surface area contributed by atoms with Crippen molar-refractivity contribution in [3.05, 3.63) is 29.0 Å². The van der Waals surface area contributed by atoms with Crippen molar-refractivity contribution in [2.24, 2.45) is 0 Å². The maximum absolute atomic E-state index is 12.5. The lowest BCUT2D eigenvalue weighted by Crippen LogP contribution is -2.34. The molecule has 1 N–H and O–H groups in total. The number of hydrogen-bond acceptors (Lipinski definition) is 1. The molecule has 0 radical (unpaired) electrons. The third-order valence-corrected chi connectivity index (χ3v) is 2.63. The van der Waals surface area contributed by atoms with Gasteiger partial charge in [-0.1, -0.05) is 11.6 Å². The van der Waals surface area contributed by atoms with E-state index in [2.05, 4.69) is 4.98 Å². The number of H-pyrrole nitrogens is 1. The van der Waals surface area contributed by atoms with E-state index in [4.69, 9.17) is 11.6 Å². The maximum Gasteiger partial charge on any atom is 0.407 e. The molecule has 0 aliphatic carbocycles. The lowest BCUT2D eigenvalue weighted by molar-refractivity contribution is -0.255. The van der Waals surface area contributed by atoms with Crippen molar-refractivity contribution < 1.29 is 26.3 Å². The lowest BCUT2D eigenvalue weighted by Gasteiger charge is -2.20. The van der Waals surface area contributed by atoms with Gasteiger partial charge in [-0.25, -0.2) is 4.98 Å². The summed E-state index contributed by atoms with van der Waals surface area (Å²) < 4.78 is 75.0. The molecule has 0 unspecified atom stereocenters. The van der Waals surface area contributed by atoms with E-state index in [1.54, 1.807) is 0 Å². The Morgan fingerprint density at radius 2 is 1.63 bits per heavy atom. The fourth-order valence-corrected chi connectivity index (χ4v) is 1.81. The van der Waals surface area contributed by atoms with Crippen molar-refractivity contribution >= 4 is 22.6 Å². The molecule has 0 fully saturated rings. The van der Waals surface area contributed by atoms with Gasteiger partial charge < -0.3 is 4.98 Å².